The topological polar surface area (TPSA) is 117 Å². The molecule has 10 nitrogen and oxygen atoms in total. The average Bonchev–Trinajstić information content (AvgIpc) is 3.22. The van der Waals surface area contributed by atoms with E-state index < -0.39 is 4.92 Å². The summed E-state index contributed by atoms with van der Waals surface area (Å²) in [6.45, 7) is 0.428. The molecule has 0 saturated heterocycles. The first kappa shape index (κ1) is 20.1. The van der Waals surface area contributed by atoms with Crippen LogP contribution in [-0.4, -0.2) is 45.2 Å². The molecule has 0 bridgehead atoms. The van der Waals surface area contributed by atoms with Gasteiger partial charge in [-0.2, -0.15) is 0 Å². The number of fused-ring (bicyclic) bond motifs is 1. The molecule has 0 amide bonds. The highest BCUT2D eigenvalue weighted by Gasteiger charge is 2.25. The smallest absolute Gasteiger partial charge is 0.354 e. The Hall–Kier alpha value is -4.21. The zero-order chi connectivity index (χ0) is 21.8. The van der Waals surface area contributed by atoms with Gasteiger partial charge in [0.1, 0.15) is 12.7 Å². The maximum Gasteiger partial charge on any atom is 0.354 e. The highest BCUT2D eigenvalue weighted by Crippen LogP contribution is 2.30. The van der Waals surface area contributed by atoms with Crippen LogP contribution in [0.3, 0.4) is 0 Å². The lowest BCUT2D eigenvalue weighted by atomic mass is 10.1. The van der Waals surface area contributed by atoms with Crippen LogP contribution in [0.25, 0.3) is 16.9 Å². The maximum atomic E-state index is 11.9. The summed E-state index contributed by atoms with van der Waals surface area (Å²) in [6, 6.07) is 13.0. The summed E-state index contributed by atoms with van der Waals surface area (Å²) in [5.41, 5.74) is 2.22. The minimum atomic E-state index is -0.483. The molecule has 0 aliphatic carbocycles. The van der Waals surface area contributed by atoms with Crippen LogP contribution >= 0.6 is 0 Å². The van der Waals surface area contributed by atoms with Crippen molar-refractivity contribution in [3.05, 3.63) is 70.8 Å². The van der Waals surface area contributed by atoms with Gasteiger partial charge in [0.05, 0.1) is 30.2 Å². The Balaban J connectivity index is 1.60. The van der Waals surface area contributed by atoms with Crippen molar-refractivity contribution in [2.24, 2.45) is 0 Å². The normalized spacial score (nSPS) is 10.8. The van der Waals surface area contributed by atoms with Crippen LogP contribution in [0.4, 0.5) is 11.5 Å². The lowest BCUT2D eigenvalue weighted by molar-refractivity contribution is -0.384. The number of ether oxygens (including phenoxy) is 2. The number of rotatable bonds is 8. The van der Waals surface area contributed by atoms with Gasteiger partial charge in [-0.1, -0.05) is 18.2 Å². The van der Waals surface area contributed by atoms with Crippen molar-refractivity contribution in [1.82, 2.24) is 19.5 Å². The first-order valence-electron chi connectivity index (χ1n) is 9.49. The van der Waals surface area contributed by atoms with Crippen molar-refractivity contribution >= 4 is 22.5 Å². The Bertz CT molecular complexity index is 1240. The average molecular weight is 420 g/mol. The number of para-hydroxylation sites is 2. The van der Waals surface area contributed by atoms with E-state index in [0.717, 1.165) is 16.6 Å². The molecular weight excluding hydrogens is 400 g/mol. The van der Waals surface area contributed by atoms with Crippen LogP contribution in [-0.2, 0) is 6.42 Å². The third kappa shape index (κ3) is 3.95. The highest BCUT2D eigenvalue weighted by molar-refractivity contribution is 5.79. The number of imidazole rings is 1. The molecule has 0 spiro atoms. The van der Waals surface area contributed by atoms with Crippen LogP contribution in [0.1, 0.15) is 5.56 Å². The highest BCUT2D eigenvalue weighted by atomic mass is 16.6. The van der Waals surface area contributed by atoms with Gasteiger partial charge in [-0.25, -0.2) is 15.0 Å². The molecule has 2 aromatic carbocycles. The van der Waals surface area contributed by atoms with E-state index in [1.807, 2.05) is 42.5 Å². The Morgan fingerprint density at radius 3 is 2.65 bits per heavy atom. The Kier molecular flexibility index (Phi) is 5.61. The van der Waals surface area contributed by atoms with Gasteiger partial charge in [-0.3, -0.25) is 14.7 Å². The summed E-state index contributed by atoms with van der Waals surface area (Å²) < 4.78 is 12.2. The van der Waals surface area contributed by atoms with Crippen LogP contribution in [0, 0.1) is 10.1 Å². The van der Waals surface area contributed by atoms with Crippen molar-refractivity contribution < 1.29 is 14.4 Å². The zero-order valence-electron chi connectivity index (χ0n) is 17.0. The minimum absolute atomic E-state index is 0.147. The molecule has 1 N–H and O–H groups in total. The second kappa shape index (κ2) is 8.66. The fourth-order valence-corrected chi connectivity index (χ4v) is 3.33. The predicted molar refractivity (Wildman–Crippen MR) is 115 cm³/mol. The summed E-state index contributed by atoms with van der Waals surface area (Å²) in [7, 11) is 3.15. The number of aromatic nitrogens is 4. The van der Waals surface area contributed by atoms with Gasteiger partial charge in [0.25, 0.3) is 0 Å². The molecule has 4 rings (SSSR count). The molecule has 0 fully saturated rings. The molecule has 0 atom stereocenters. The van der Waals surface area contributed by atoms with Crippen molar-refractivity contribution in [3.8, 4) is 17.3 Å². The first-order valence-corrected chi connectivity index (χ1v) is 9.49. The zero-order valence-corrected chi connectivity index (χ0v) is 17.0. The number of anilines is 1. The van der Waals surface area contributed by atoms with Gasteiger partial charge in [0.2, 0.25) is 11.6 Å². The summed E-state index contributed by atoms with van der Waals surface area (Å²) in [4.78, 5) is 24.0. The maximum absolute atomic E-state index is 11.9. The van der Waals surface area contributed by atoms with Crippen molar-refractivity contribution in [2.45, 2.75) is 6.42 Å². The quantitative estimate of drug-likeness (QED) is 0.340. The van der Waals surface area contributed by atoms with E-state index >= 15 is 0 Å². The van der Waals surface area contributed by atoms with E-state index in [-0.39, 0.29) is 17.3 Å². The van der Waals surface area contributed by atoms with Gasteiger partial charge >= 0.3 is 5.69 Å². The molecule has 2 aromatic heterocycles. The van der Waals surface area contributed by atoms with E-state index in [1.54, 1.807) is 18.8 Å². The molecule has 0 aliphatic heterocycles. The number of hydrogen-bond acceptors (Lipinski definition) is 8. The van der Waals surface area contributed by atoms with Crippen LogP contribution in [0.2, 0.25) is 0 Å². The molecule has 0 radical (unpaired) electrons. The third-order valence-corrected chi connectivity index (χ3v) is 4.82. The summed E-state index contributed by atoms with van der Waals surface area (Å²) in [6.07, 6.45) is 3.42. The van der Waals surface area contributed by atoms with Crippen molar-refractivity contribution in [3.63, 3.8) is 0 Å². The standard InChI is InChI=1S/C21H20N6O4/c1-30-17-8-7-14(11-18(17)31-2)9-10-22-20-19(27(28)29)21(24-12-23-20)26-13-25-15-5-3-4-6-16(15)26/h3-8,11-13H,9-10H2,1-2H3,(H,22,23,24). The molecule has 2 heterocycles. The largest absolute Gasteiger partial charge is 0.493 e. The van der Waals surface area contributed by atoms with Crippen molar-refractivity contribution in [2.75, 3.05) is 26.1 Å². The Morgan fingerprint density at radius 1 is 1.06 bits per heavy atom. The second-order valence-corrected chi connectivity index (χ2v) is 6.62. The number of hydrogen-bond donors (Lipinski definition) is 1. The number of nitrogens with zero attached hydrogens (tertiary/aromatic N) is 5. The lowest BCUT2D eigenvalue weighted by Gasteiger charge is -2.11. The van der Waals surface area contributed by atoms with Gasteiger partial charge < -0.3 is 14.8 Å². The molecule has 4 aromatic rings. The second-order valence-electron chi connectivity index (χ2n) is 6.62. The molecule has 0 saturated carbocycles. The Labute approximate surface area is 177 Å². The molecule has 31 heavy (non-hydrogen) atoms. The minimum Gasteiger partial charge on any atom is -0.493 e. The number of nitro groups is 1. The van der Waals surface area contributed by atoms with Crippen LogP contribution in [0.15, 0.2) is 55.1 Å². The number of nitrogens with one attached hydrogen (secondary N) is 1. The molecule has 158 valence electrons. The molecule has 0 aliphatic rings. The lowest BCUT2D eigenvalue weighted by Crippen LogP contribution is -2.12. The molecule has 10 heteroatoms. The number of methoxy groups -OCH3 is 2. The first-order chi connectivity index (χ1) is 15.1. The summed E-state index contributed by atoms with van der Waals surface area (Å²) in [5.74, 6) is 1.57. The fraction of sp³-hybridized carbons (Fsp3) is 0.190. The SMILES string of the molecule is COc1ccc(CCNc2ncnc(-n3cnc4ccccc43)c2[N+](=O)[O-])cc1OC. The van der Waals surface area contributed by atoms with Crippen LogP contribution < -0.4 is 14.8 Å². The van der Waals surface area contributed by atoms with E-state index in [2.05, 4.69) is 20.3 Å². The number of benzene rings is 2. The van der Waals surface area contributed by atoms with Crippen molar-refractivity contribution in [1.29, 1.82) is 0 Å². The van der Waals surface area contributed by atoms with Gasteiger partial charge in [-0.15, -0.1) is 0 Å². The van der Waals surface area contributed by atoms with E-state index in [0.29, 0.717) is 24.5 Å². The van der Waals surface area contributed by atoms with Gasteiger partial charge in [-0.05, 0) is 36.2 Å². The monoisotopic (exact) mass is 420 g/mol. The molecule has 0 unspecified atom stereocenters. The fourth-order valence-electron chi connectivity index (χ4n) is 3.33. The van der Waals surface area contributed by atoms with Gasteiger partial charge in [0.15, 0.2) is 11.5 Å². The van der Waals surface area contributed by atoms with E-state index in [1.165, 1.54) is 12.7 Å². The van der Waals surface area contributed by atoms with Gasteiger partial charge in [0, 0.05) is 6.54 Å². The third-order valence-electron chi connectivity index (χ3n) is 4.82. The van der Waals surface area contributed by atoms with E-state index in [9.17, 15) is 10.1 Å². The van der Waals surface area contributed by atoms with Crippen LogP contribution in [0.5, 0.6) is 11.5 Å². The molecular formula is C21H20N6O4. The summed E-state index contributed by atoms with van der Waals surface area (Å²) in [5, 5.41) is 14.9. The Morgan fingerprint density at radius 2 is 1.87 bits per heavy atom. The summed E-state index contributed by atoms with van der Waals surface area (Å²) >= 11 is 0. The predicted octanol–water partition coefficient (Wildman–Crippen LogP) is 3.40. The van der Waals surface area contributed by atoms with E-state index in [4.69, 9.17) is 9.47 Å².